The van der Waals surface area contributed by atoms with Crippen molar-refractivity contribution in [3.05, 3.63) is 50.4 Å². The van der Waals surface area contributed by atoms with E-state index in [0.717, 1.165) is 44.9 Å². The van der Waals surface area contributed by atoms with Gasteiger partial charge in [-0.3, -0.25) is 9.36 Å². The molecule has 4 nitrogen and oxygen atoms in total. The highest BCUT2D eigenvalue weighted by molar-refractivity contribution is 7.19. The Morgan fingerprint density at radius 3 is 2.62 bits per heavy atom. The van der Waals surface area contributed by atoms with E-state index in [9.17, 15) is 4.79 Å². The van der Waals surface area contributed by atoms with E-state index in [0.29, 0.717) is 13.2 Å². The van der Waals surface area contributed by atoms with Crippen LogP contribution in [0.3, 0.4) is 0 Å². The Hall–Kier alpha value is -1.98. The molecule has 0 spiro atoms. The van der Waals surface area contributed by atoms with Crippen molar-refractivity contribution >= 4 is 21.6 Å². The maximum Gasteiger partial charge on any atom is 0.262 e. The minimum Gasteiger partial charge on any atom is -0.383 e. The minimum absolute atomic E-state index is 0.0491. The highest BCUT2D eigenvalue weighted by Gasteiger charge is 2.19. The largest absolute Gasteiger partial charge is 0.383 e. The van der Waals surface area contributed by atoms with Crippen molar-refractivity contribution in [2.24, 2.45) is 0 Å². The van der Waals surface area contributed by atoms with E-state index in [2.05, 4.69) is 45.9 Å². The zero-order valence-electron chi connectivity index (χ0n) is 16.2. The summed E-state index contributed by atoms with van der Waals surface area (Å²) in [6, 6.07) is 6.40. The average Bonchev–Trinajstić information content (AvgIpc) is 2.93. The summed E-state index contributed by atoms with van der Waals surface area (Å²) in [5, 5.41) is 0.742. The van der Waals surface area contributed by atoms with Gasteiger partial charge in [-0.25, -0.2) is 4.98 Å². The van der Waals surface area contributed by atoms with Gasteiger partial charge in [0.1, 0.15) is 10.7 Å². The normalized spacial score (nSPS) is 11.4. The van der Waals surface area contributed by atoms with Crippen molar-refractivity contribution in [2.75, 3.05) is 13.7 Å². The number of benzene rings is 1. The van der Waals surface area contributed by atoms with Crippen molar-refractivity contribution in [1.29, 1.82) is 0 Å². The van der Waals surface area contributed by atoms with E-state index < -0.39 is 0 Å². The highest BCUT2D eigenvalue weighted by Crippen LogP contribution is 2.36. The van der Waals surface area contributed by atoms with Crippen LogP contribution >= 0.6 is 11.3 Å². The topological polar surface area (TPSA) is 44.1 Å². The summed E-state index contributed by atoms with van der Waals surface area (Å²) in [5.41, 5.74) is 4.66. The molecule has 0 amide bonds. The molecular weight excluding hydrogens is 344 g/mol. The van der Waals surface area contributed by atoms with Crippen LogP contribution in [0.5, 0.6) is 0 Å². The van der Waals surface area contributed by atoms with E-state index in [1.54, 1.807) is 23.0 Å². The van der Waals surface area contributed by atoms with Gasteiger partial charge in [0.2, 0.25) is 0 Å². The second-order valence-electron chi connectivity index (χ2n) is 6.74. The first-order valence-electron chi connectivity index (χ1n) is 9.07. The Morgan fingerprint density at radius 1 is 1.19 bits per heavy atom. The molecule has 0 radical (unpaired) electrons. The molecule has 26 heavy (non-hydrogen) atoms. The maximum atomic E-state index is 13.4. The van der Waals surface area contributed by atoms with Crippen molar-refractivity contribution in [2.45, 2.75) is 47.1 Å². The lowest BCUT2D eigenvalue weighted by Gasteiger charge is -2.12. The van der Waals surface area contributed by atoms with Gasteiger partial charge < -0.3 is 4.74 Å². The third-order valence-electron chi connectivity index (χ3n) is 4.86. The number of ether oxygens (including phenoxy) is 1. The number of fused-ring (bicyclic) bond motifs is 1. The zero-order valence-corrected chi connectivity index (χ0v) is 17.0. The number of aromatic nitrogens is 2. The van der Waals surface area contributed by atoms with Crippen LogP contribution in [0, 0.1) is 20.8 Å². The lowest BCUT2D eigenvalue weighted by atomic mass is 9.99. The van der Waals surface area contributed by atoms with Gasteiger partial charge in [-0.05, 0) is 43.9 Å². The molecule has 0 bridgehead atoms. The maximum absolute atomic E-state index is 13.4. The molecule has 0 aliphatic carbocycles. The van der Waals surface area contributed by atoms with Crippen molar-refractivity contribution in [1.82, 2.24) is 9.55 Å². The lowest BCUT2D eigenvalue weighted by molar-refractivity contribution is 0.185. The van der Waals surface area contributed by atoms with E-state index in [4.69, 9.17) is 9.72 Å². The number of thiophene rings is 1. The quantitative estimate of drug-likeness (QED) is 0.634. The van der Waals surface area contributed by atoms with Gasteiger partial charge in [-0.2, -0.15) is 0 Å². The molecule has 0 saturated heterocycles. The van der Waals surface area contributed by atoms with Gasteiger partial charge in [0.05, 0.1) is 18.5 Å². The third kappa shape index (κ3) is 3.33. The van der Waals surface area contributed by atoms with Crippen LogP contribution in [0.1, 0.15) is 35.2 Å². The van der Waals surface area contributed by atoms with Crippen molar-refractivity contribution < 1.29 is 4.74 Å². The summed E-state index contributed by atoms with van der Waals surface area (Å²) in [7, 11) is 1.66. The van der Waals surface area contributed by atoms with Gasteiger partial charge >= 0.3 is 0 Å². The van der Waals surface area contributed by atoms with Crippen LogP contribution < -0.4 is 5.56 Å². The molecule has 1 aromatic carbocycles. The predicted molar refractivity (Wildman–Crippen MR) is 109 cm³/mol. The second kappa shape index (κ2) is 7.72. The van der Waals surface area contributed by atoms with Gasteiger partial charge in [0, 0.05) is 24.0 Å². The van der Waals surface area contributed by atoms with Crippen molar-refractivity contribution in [3.8, 4) is 11.1 Å². The molecule has 0 saturated carbocycles. The molecule has 0 N–H and O–H groups in total. The fourth-order valence-electron chi connectivity index (χ4n) is 3.31. The molecule has 0 atom stereocenters. The summed E-state index contributed by atoms with van der Waals surface area (Å²) in [4.78, 5) is 20.2. The summed E-state index contributed by atoms with van der Waals surface area (Å²) >= 11 is 1.61. The Balaban J connectivity index is 2.29. The number of hydrogen-bond donors (Lipinski definition) is 0. The van der Waals surface area contributed by atoms with Gasteiger partial charge in [0.15, 0.2) is 0 Å². The Kier molecular flexibility index (Phi) is 5.58. The SMILES string of the molecule is CCCc1nc2sc(C)c(-c3ccc(C)c(C)c3)c2c(=O)n1CCOC. The van der Waals surface area contributed by atoms with E-state index in [1.807, 2.05) is 0 Å². The number of aryl methyl sites for hydroxylation is 4. The first kappa shape index (κ1) is 18.8. The Labute approximate surface area is 158 Å². The molecule has 0 aliphatic heterocycles. The predicted octanol–water partition coefficient (Wildman–Crippen LogP) is 4.65. The Bertz CT molecular complexity index is 1000. The van der Waals surface area contributed by atoms with Crippen LogP contribution in [-0.4, -0.2) is 23.3 Å². The van der Waals surface area contributed by atoms with Crippen LogP contribution in [-0.2, 0) is 17.7 Å². The van der Waals surface area contributed by atoms with Crippen LogP contribution in [0.15, 0.2) is 23.0 Å². The second-order valence-corrected chi connectivity index (χ2v) is 7.94. The third-order valence-corrected chi connectivity index (χ3v) is 5.85. The highest BCUT2D eigenvalue weighted by atomic mass is 32.1. The molecule has 0 aliphatic rings. The molecule has 2 aromatic heterocycles. The van der Waals surface area contributed by atoms with Gasteiger partial charge in [-0.15, -0.1) is 11.3 Å². The average molecular weight is 371 g/mol. The minimum atomic E-state index is 0.0491. The summed E-state index contributed by atoms with van der Waals surface area (Å²) in [5.74, 6) is 0.856. The van der Waals surface area contributed by atoms with Gasteiger partial charge in [0.25, 0.3) is 5.56 Å². The molecule has 0 unspecified atom stereocenters. The van der Waals surface area contributed by atoms with Crippen LogP contribution in [0.2, 0.25) is 0 Å². The molecule has 138 valence electrons. The summed E-state index contributed by atoms with van der Waals surface area (Å²) < 4.78 is 7.01. The lowest BCUT2D eigenvalue weighted by Crippen LogP contribution is -2.27. The Morgan fingerprint density at radius 2 is 1.96 bits per heavy atom. The van der Waals surface area contributed by atoms with Gasteiger partial charge in [-0.1, -0.05) is 25.1 Å². The zero-order chi connectivity index (χ0) is 18.8. The van der Waals surface area contributed by atoms with E-state index in [-0.39, 0.29) is 5.56 Å². The van der Waals surface area contributed by atoms with Crippen LogP contribution in [0.4, 0.5) is 0 Å². The van der Waals surface area contributed by atoms with E-state index >= 15 is 0 Å². The number of rotatable bonds is 6. The molecule has 3 rings (SSSR count). The number of nitrogens with zero attached hydrogens (tertiary/aromatic N) is 2. The molecule has 0 fully saturated rings. The smallest absolute Gasteiger partial charge is 0.262 e. The molecule has 3 aromatic rings. The molecule has 5 heteroatoms. The fourth-order valence-corrected chi connectivity index (χ4v) is 4.36. The number of hydrogen-bond acceptors (Lipinski definition) is 4. The monoisotopic (exact) mass is 370 g/mol. The first-order valence-corrected chi connectivity index (χ1v) is 9.89. The summed E-state index contributed by atoms with van der Waals surface area (Å²) in [6.07, 6.45) is 1.75. The fraction of sp³-hybridized carbons (Fsp3) is 0.429. The van der Waals surface area contributed by atoms with Crippen LogP contribution in [0.25, 0.3) is 21.3 Å². The molecule has 2 heterocycles. The van der Waals surface area contributed by atoms with Crippen molar-refractivity contribution in [3.63, 3.8) is 0 Å². The number of methoxy groups -OCH3 is 1. The standard InChI is InChI=1S/C21H26N2O2S/c1-6-7-17-22-20-19(21(24)23(17)10-11-25-5)18(15(4)26-20)16-9-8-13(2)14(3)12-16/h8-9,12H,6-7,10-11H2,1-5H3. The van der Waals surface area contributed by atoms with E-state index in [1.165, 1.54) is 11.1 Å². The molecular formula is C21H26N2O2S. The summed E-state index contributed by atoms with van der Waals surface area (Å²) in [6.45, 7) is 9.44. The first-order chi connectivity index (χ1) is 12.5.